The summed E-state index contributed by atoms with van der Waals surface area (Å²) >= 11 is 0. The molecule has 0 aliphatic carbocycles. The first kappa shape index (κ1) is 15.0. The average Bonchev–Trinajstić information content (AvgIpc) is 2.37. The molecule has 1 atom stereocenters. The monoisotopic (exact) mass is 256 g/mol. The van der Waals surface area contributed by atoms with Crippen LogP contribution in [-0.4, -0.2) is 59.0 Å². The van der Waals surface area contributed by atoms with Gasteiger partial charge in [0.1, 0.15) is 0 Å². The summed E-state index contributed by atoms with van der Waals surface area (Å²) in [7, 11) is 0. The third-order valence-electron chi connectivity index (χ3n) is 3.66. The first-order valence-corrected chi connectivity index (χ1v) is 6.78. The summed E-state index contributed by atoms with van der Waals surface area (Å²) in [6, 6.07) is 0.578. The van der Waals surface area contributed by atoms with E-state index < -0.39 is 5.97 Å². The maximum absolute atomic E-state index is 11.8. The van der Waals surface area contributed by atoms with Crippen LogP contribution in [0.5, 0.6) is 0 Å². The van der Waals surface area contributed by atoms with Crippen molar-refractivity contribution in [2.24, 2.45) is 0 Å². The van der Waals surface area contributed by atoms with Gasteiger partial charge in [0.25, 0.3) is 0 Å². The molecule has 104 valence electrons. The van der Waals surface area contributed by atoms with Crippen LogP contribution in [0.15, 0.2) is 0 Å². The zero-order valence-electron chi connectivity index (χ0n) is 11.4. The summed E-state index contributed by atoms with van der Waals surface area (Å²) in [5.74, 6) is -0.732. The van der Waals surface area contributed by atoms with E-state index in [0.717, 1.165) is 32.6 Å². The molecule has 1 aliphatic rings. The lowest BCUT2D eigenvalue weighted by molar-refractivity contribution is -0.137. The molecule has 1 aliphatic heterocycles. The number of amides is 1. The van der Waals surface area contributed by atoms with Gasteiger partial charge in [-0.25, -0.2) is 0 Å². The molecule has 0 aromatic heterocycles. The highest BCUT2D eigenvalue weighted by atomic mass is 16.4. The standard InChI is InChI=1S/C13H24N2O3/c1-3-11(2)14-7-9-15(10-8-14)12(16)5-4-6-13(17)18/h11H,3-10H2,1-2H3,(H,17,18). The molecule has 1 rings (SSSR count). The van der Waals surface area contributed by atoms with Gasteiger partial charge in [-0.15, -0.1) is 0 Å². The Morgan fingerprint density at radius 3 is 2.28 bits per heavy atom. The number of carbonyl (C=O) groups is 2. The fraction of sp³-hybridized carbons (Fsp3) is 0.846. The SMILES string of the molecule is CCC(C)N1CCN(C(=O)CCCC(=O)O)CC1. The van der Waals surface area contributed by atoms with Crippen LogP contribution in [0.3, 0.4) is 0 Å². The first-order valence-electron chi connectivity index (χ1n) is 6.78. The van der Waals surface area contributed by atoms with E-state index in [2.05, 4.69) is 18.7 Å². The van der Waals surface area contributed by atoms with Crippen molar-refractivity contribution in [1.82, 2.24) is 9.80 Å². The number of carbonyl (C=O) groups excluding carboxylic acids is 1. The molecular weight excluding hydrogens is 232 g/mol. The number of rotatable bonds is 6. The van der Waals surface area contributed by atoms with E-state index in [1.807, 2.05) is 4.90 Å². The highest BCUT2D eigenvalue weighted by Crippen LogP contribution is 2.10. The lowest BCUT2D eigenvalue weighted by Crippen LogP contribution is -2.51. The van der Waals surface area contributed by atoms with Crippen molar-refractivity contribution in [3.05, 3.63) is 0 Å². The van der Waals surface area contributed by atoms with Crippen LogP contribution in [0.1, 0.15) is 39.5 Å². The topological polar surface area (TPSA) is 60.9 Å². The molecule has 0 bridgehead atoms. The third kappa shape index (κ3) is 4.64. The summed E-state index contributed by atoms with van der Waals surface area (Å²) in [6.07, 6.45) is 2.01. The largest absolute Gasteiger partial charge is 0.481 e. The lowest BCUT2D eigenvalue weighted by atomic mass is 10.1. The fourth-order valence-electron chi connectivity index (χ4n) is 2.22. The summed E-state index contributed by atoms with van der Waals surface area (Å²) in [6.45, 7) is 7.80. The second kappa shape index (κ2) is 7.36. The second-order valence-electron chi connectivity index (χ2n) is 4.92. The Kier molecular flexibility index (Phi) is 6.12. The van der Waals surface area contributed by atoms with E-state index in [1.165, 1.54) is 0 Å². The molecule has 1 heterocycles. The molecule has 5 nitrogen and oxygen atoms in total. The van der Waals surface area contributed by atoms with Gasteiger partial charge in [-0.2, -0.15) is 0 Å². The van der Waals surface area contributed by atoms with Gasteiger partial charge in [0, 0.05) is 45.1 Å². The fourth-order valence-corrected chi connectivity index (χ4v) is 2.22. The number of piperazine rings is 1. The number of carboxylic acids is 1. The van der Waals surface area contributed by atoms with Crippen molar-refractivity contribution in [2.45, 2.75) is 45.6 Å². The van der Waals surface area contributed by atoms with E-state index in [4.69, 9.17) is 5.11 Å². The van der Waals surface area contributed by atoms with E-state index in [1.54, 1.807) is 0 Å². The maximum atomic E-state index is 11.8. The molecular formula is C13H24N2O3. The van der Waals surface area contributed by atoms with Gasteiger partial charge >= 0.3 is 5.97 Å². The lowest BCUT2D eigenvalue weighted by Gasteiger charge is -2.37. The summed E-state index contributed by atoms with van der Waals surface area (Å²) in [5.41, 5.74) is 0. The van der Waals surface area contributed by atoms with Gasteiger partial charge in [-0.1, -0.05) is 6.92 Å². The molecule has 0 saturated carbocycles. The van der Waals surface area contributed by atoms with Crippen LogP contribution in [0.25, 0.3) is 0 Å². The first-order chi connectivity index (χ1) is 8.54. The van der Waals surface area contributed by atoms with Crippen molar-refractivity contribution >= 4 is 11.9 Å². The number of carboxylic acid groups (broad SMARTS) is 1. The predicted octanol–water partition coefficient (Wildman–Crippen LogP) is 1.18. The van der Waals surface area contributed by atoms with Crippen LogP contribution in [0, 0.1) is 0 Å². The van der Waals surface area contributed by atoms with Crippen molar-refractivity contribution in [3.8, 4) is 0 Å². The number of aliphatic carboxylic acids is 1. The second-order valence-corrected chi connectivity index (χ2v) is 4.92. The Morgan fingerprint density at radius 1 is 1.17 bits per heavy atom. The van der Waals surface area contributed by atoms with E-state index >= 15 is 0 Å². The van der Waals surface area contributed by atoms with Gasteiger partial charge in [0.05, 0.1) is 0 Å². The van der Waals surface area contributed by atoms with Gasteiger partial charge in [0.15, 0.2) is 0 Å². The Bertz CT molecular complexity index is 286. The predicted molar refractivity (Wildman–Crippen MR) is 69.4 cm³/mol. The Labute approximate surface area is 109 Å². The minimum absolute atomic E-state index is 0.0819. The molecule has 1 saturated heterocycles. The number of nitrogens with zero attached hydrogens (tertiary/aromatic N) is 2. The minimum Gasteiger partial charge on any atom is -0.481 e. The zero-order valence-corrected chi connectivity index (χ0v) is 11.4. The van der Waals surface area contributed by atoms with E-state index in [0.29, 0.717) is 18.9 Å². The number of hydrogen-bond donors (Lipinski definition) is 1. The summed E-state index contributed by atoms with van der Waals surface area (Å²) < 4.78 is 0. The highest BCUT2D eigenvalue weighted by Gasteiger charge is 2.22. The maximum Gasteiger partial charge on any atom is 0.303 e. The van der Waals surface area contributed by atoms with Gasteiger partial charge in [-0.05, 0) is 19.8 Å². The van der Waals surface area contributed by atoms with Crippen LogP contribution in [0.2, 0.25) is 0 Å². The average molecular weight is 256 g/mol. The molecule has 1 N–H and O–H groups in total. The highest BCUT2D eigenvalue weighted by molar-refractivity contribution is 5.77. The van der Waals surface area contributed by atoms with Crippen molar-refractivity contribution in [2.75, 3.05) is 26.2 Å². The Morgan fingerprint density at radius 2 is 1.78 bits per heavy atom. The van der Waals surface area contributed by atoms with Crippen LogP contribution in [-0.2, 0) is 9.59 Å². The zero-order chi connectivity index (χ0) is 13.5. The summed E-state index contributed by atoms with van der Waals surface area (Å²) in [4.78, 5) is 26.5. The normalized spacial score (nSPS) is 18.7. The summed E-state index contributed by atoms with van der Waals surface area (Å²) in [5, 5.41) is 8.53. The molecule has 1 unspecified atom stereocenters. The van der Waals surface area contributed by atoms with Crippen molar-refractivity contribution in [3.63, 3.8) is 0 Å². The smallest absolute Gasteiger partial charge is 0.303 e. The van der Waals surface area contributed by atoms with Gasteiger partial charge in [-0.3, -0.25) is 14.5 Å². The van der Waals surface area contributed by atoms with Gasteiger partial charge in [0.2, 0.25) is 5.91 Å². The molecule has 18 heavy (non-hydrogen) atoms. The number of hydrogen-bond acceptors (Lipinski definition) is 3. The third-order valence-corrected chi connectivity index (χ3v) is 3.66. The van der Waals surface area contributed by atoms with Crippen LogP contribution in [0.4, 0.5) is 0 Å². The Hall–Kier alpha value is -1.10. The van der Waals surface area contributed by atoms with Gasteiger partial charge < -0.3 is 10.0 Å². The van der Waals surface area contributed by atoms with E-state index in [-0.39, 0.29) is 12.3 Å². The molecule has 0 aromatic rings. The molecule has 1 fully saturated rings. The van der Waals surface area contributed by atoms with E-state index in [9.17, 15) is 9.59 Å². The molecule has 0 aromatic carbocycles. The van der Waals surface area contributed by atoms with Crippen molar-refractivity contribution < 1.29 is 14.7 Å². The van der Waals surface area contributed by atoms with Crippen LogP contribution >= 0.6 is 0 Å². The minimum atomic E-state index is -0.829. The molecule has 5 heteroatoms. The quantitative estimate of drug-likeness (QED) is 0.775. The van der Waals surface area contributed by atoms with Crippen molar-refractivity contribution in [1.29, 1.82) is 0 Å². The molecule has 0 spiro atoms. The van der Waals surface area contributed by atoms with Crippen LogP contribution < -0.4 is 0 Å². The molecule has 1 amide bonds. The Balaban J connectivity index is 2.25. The molecule has 0 radical (unpaired) electrons.